The number of nitrogens with two attached hydrogens (primary N) is 1. The van der Waals surface area contributed by atoms with E-state index in [0.717, 1.165) is 35.3 Å². The van der Waals surface area contributed by atoms with Crippen LogP contribution in [-0.2, 0) is 16.2 Å². The van der Waals surface area contributed by atoms with E-state index in [-0.39, 0.29) is 35.8 Å². The van der Waals surface area contributed by atoms with Gasteiger partial charge in [0, 0.05) is 31.0 Å². The summed E-state index contributed by atoms with van der Waals surface area (Å²) in [6, 6.07) is 5.42. The number of pyridine rings is 1. The lowest BCUT2D eigenvalue weighted by atomic mass is 9.90. The lowest BCUT2D eigenvalue weighted by Crippen LogP contribution is -2.35. The summed E-state index contributed by atoms with van der Waals surface area (Å²) in [5, 5.41) is 8.70. The van der Waals surface area contributed by atoms with Crippen molar-refractivity contribution in [3.63, 3.8) is 0 Å². The van der Waals surface area contributed by atoms with Crippen molar-refractivity contribution >= 4 is 29.2 Å². The Morgan fingerprint density at radius 1 is 1.35 bits per heavy atom. The van der Waals surface area contributed by atoms with Crippen molar-refractivity contribution in [1.82, 2.24) is 25.1 Å². The summed E-state index contributed by atoms with van der Waals surface area (Å²) >= 11 is 1.14. The van der Waals surface area contributed by atoms with Crippen LogP contribution >= 0.6 is 11.3 Å². The minimum absolute atomic E-state index is 0.00495. The Bertz CT molecular complexity index is 1250. The molecule has 1 aliphatic carbocycles. The molecule has 0 saturated heterocycles. The average Bonchev–Trinajstić information content (AvgIpc) is 3.51. The minimum Gasteiger partial charge on any atom is -0.395 e. The zero-order valence-electron chi connectivity index (χ0n) is 20.8. The lowest BCUT2D eigenvalue weighted by molar-refractivity contribution is -0.000591. The number of amides is 1. The Hall–Kier alpha value is -3.48. The van der Waals surface area contributed by atoms with Crippen LogP contribution in [0.5, 0.6) is 0 Å². The molecule has 10 nitrogen and oxygen atoms in total. The Kier molecular flexibility index (Phi) is 9.09. The predicted octanol–water partition coefficient (Wildman–Crippen LogP) is 3.62. The first-order valence-corrected chi connectivity index (χ1v) is 13.0. The summed E-state index contributed by atoms with van der Waals surface area (Å²) < 4.78 is 26.8. The molecule has 1 fully saturated rings. The second kappa shape index (κ2) is 12.7. The summed E-state index contributed by atoms with van der Waals surface area (Å²) in [6.45, 7) is 5.11. The largest absolute Gasteiger partial charge is 0.395 e. The topological polar surface area (TPSA) is 130 Å². The van der Waals surface area contributed by atoms with Crippen LogP contribution in [-0.4, -0.2) is 57.2 Å². The molecule has 0 spiro atoms. The number of hydrogen-bond donors (Lipinski definition) is 2. The van der Waals surface area contributed by atoms with Crippen LogP contribution in [0.3, 0.4) is 0 Å². The van der Waals surface area contributed by atoms with Gasteiger partial charge in [-0.1, -0.05) is 13.0 Å². The molecule has 0 atom stereocenters. The van der Waals surface area contributed by atoms with Gasteiger partial charge in [0.1, 0.15) is 17.4 Å². The van der Waals surface area contributed by atoms with Gasteiger partial charge in [-0.05, 0) is 38.3 Å². The predicted molar refractivity (Wildman–Crippen MR) is 139 cm³/mol. The average molecular weight is 528 g/mol. The Balaban J connectivity index is 1.50. The third-order valence-electron chi connectivity index (χ3n) is 5.67. The first-order chi connectivity index (χ1) is 18.0. The van der Waals surface area contributed by atoms with Gasteiger partial charge in [-0.3, -0.25) is 14.8 Å². The van der Waals surface area contributed by atoms with Gasteiger partial charge in [-0.25, -0.2) is 9.67 Å². The monoisotopic (exact) mass is 527 g/mol. The highest BCUT2D eigenvalue weighted by molar-refractivity contribution is 7.13. The van der Waals surface area contributed by atoms with Crippen molar-refractivity contribution in [3.8, 4) is 10.6 Å². The summed E-state index contributed by atoms with van der Waals surface area (Å²) in [6.07, 6.45) is 7.20. The second-order valence-electron chi connectivity index (χ2n) is 8.40. The van der Waals surface area contributed by atoms with Gasteiger partial charge in [0.15, 0.2) is 0 Å². The van der Waals surface area contributed by atoms with Gasteiger partial charge in [0.05, 0.1) is 41.0 Å². The zero-order valence-corrected chi connectivity index (χ0v) is 21.6. The number of nitrogens with zero attached hydrogens (tertiary/aromatic N) is 5. The molecule has 1 aliphatic rings. The summed E-state index contributed by atoms with van der Waals surface area (Å²) in [5.41, 5.74) is 7.75. The molecular formula is C25H30FN7O3S. The van der Waals surface area contributed by atoms with Gasteiger partial charge in [0.25, 0.3) is 5.91 Å². The van der Waals surface area contributed by atoms with E-state index >= 15 is 0 Å². The number of allylic oxidation sites excluding steroid dienone is 1. The first-order valence-electron chi connectivity index (χ1n) is 12.1. The lowest BCUT2D eigenvalue weighted by Gasteiger charge is -2.32. The van der Waals surface area contributed by atoms with Gasteiger partial charge in [-0.15, -0.1) is 11.3 Å². The highest BCUT2D eigenvalue weighted by atomic mass is 32.1. The van der Waals surface area contributed by atoms with Crippen molar-refractivity contribution in [2.24, 2.45) is 10.7 Å². The highest BCUT2D eigenvalue weighted by Gasteiger charge is 2.29. The minimum atomic E-state index is -0.574. The molecule has 3 N–H and O–H groups in total. The van der Waals surface area contributed by atoms with E-state index in [2.05, 4.69) is 25.4 Å². The fourth-order valence-corrected chi connectivity index (χ4v) is 4.43. The van der Waals surface area contributed by atoms with E-state index in [0.29, 0.717) is 29.6 Å². The van der Waals surface area contributed by atoms with Gasteiger partial charge >= 0.3 is 0 Å². The SMILES string of the molecule is CCCOCn1ncc(-c2nc(C(=O)NC(C=NC3CC(OCC)C3)=C(N)c3ccccn3)cs2)c1F. The molecule has 1 saturated carbocycles. The molecule has 3 aromatic rings. The normalized spacial score (nSPS) is 18.0. The number of carbonyl (C=O) groups excluding carboxylic acids is 1. The molecule has 3 heterocycles. The molecule has 3 aromatic heterocycles. The van der Waals surface area contributed by atoms with E-state index < -0.39 is 11.9 Å². The van der Waals surface area contributed by atoms with E-state index in [1.54, 1.807) is 36.0 Å². The van der Waals surface area contributed by atoms with Crippen molar-refractivity contribution in [1.29, 1.82) is 0 Å². The van der Waals surface area contributed by atoms with Crippen molar-refractivity contribution in [2.45, 2.75) is 52.0 Å². The Morgan fingerprint density at radius 3 is 2.92 bits per heavy atom. The second-order valence-corrected chi connectivity index (χ2v) is 9.26. The molecule has 0 bridgehead atoms. The molecule has 1 amide bonds. The number of thiazole rings is 1. The number of hydrogen-bond acceptors (Lipinski definition) is 9. The fourth-order valence-electron chi connectivity index (χ4n) is 3.63. The van der Waals surface area contributed by atoms with E-state index in [4.69, 9.17) is 15.2 Å². The number of halogens is 1. The molecule has 0 unspecified atom stereocenters. The van der Waals surface area contributed by atoms with E-state index in [1.165, 1.54) is 6.20 Å². The van der Waals surface area contributed by atoms with Crippen LogP contribution in [0, 0.1) is 5.95 Å². The van der Waals surface area contributed by atoms with Gasteiger partial charge in [-0.2, -0.15) is 9.49 Å². The number of rotatable bonds is 12. The molecule has 0 radical (unpaired) electrons. The van der Waals surface area contributed by atoms with Crippen molar-refractivity contribution < 1.29 is 18.7 Å². The maximum absolute atomic E-state index is 14.8. The molecule has 37 heavy (non-hydrogen) atoms. The number of aromatic nitrogens is 4. The summed E-state index contributed by atoms with van der Waals surface area (Å²) in [4.78, 5) is 26.2. The molecule has 4 rings (SSSR count). The number of ether oxygens (including phenoxy) is 2. The molecule has 196 valence electrons. The van der Waals surface area contributed by atoms with E-state index in [1.807, 2.05) is 13.8 Å². The maximum Gasteiger partial charge on any atom is 0.275 e. The fraction of sp³-hybridized carbons (Fsp3) is 0.400. The number of carbonyl (C=O) groups is 1. The molecular weight excluding hydrogens is 497 g/mol. The maximum atomic E-state index is 14.8. The Morgan fingerprint density at radius 2 is 2.19 bits per heavy atom. The van der Waals surface area contributed by atoms with E-state index in [9.17, 15) is 9.18 Å². The van der Waals surface area contributed by atoms with Crippen molar-refractivity contribution in [3.05, 3.63) is 59.0 Å². The van der Waals surface area contributed by atoms with Crippen LogP contribution in [0.4, 0.5) is 4.39 Å². The molecule has 0 aromatic carbocycles. The van der Waals surface area contributed by atoms with Crippen LogP contribution in [0.1, 0.15) is 49.3 Å². The Labute approximate surface area is 218 Å². The third kappa shape index (κ3) is 6.64. The first kappa shape index (κ1) is 26.6. The van der Waals surface area contributed by atoms with Crippen LogP contribution in [0.2, 0.25) is 0 Å². The smallest absolute Gasteiger partial charge is 0.275 e. The zero-order chi connectivity index (χ0) is 26.2. The van der Waals surface area contributed by atoms with Crippen LogP contribution in [0.15, 0.2) is 46.7 Å². The van der Waals surface area contributed by atoms with Crippen LogP contribution in [0.25, 0.3) is 16.3 Å². The quantitative estimate of drug-likeness (QED) is 0.272. The van der Waals surface area contributed by atoms with Gasteiger partial charge < -0.3 is 20.5 Å². The standard InChI is InChI=1S/C25H30FN7O3S/c1-3-9-35-15-33-23(26)18(12-30-33)25-32-21(14-37-25)24(34)31-20(22(27)19-7-5-6-8-28-19)13-29-16-10-17(11-16)36-4-2/h5-8,12-14,16-17H,3-4,9-11,15,27H2,1-2H3,(H,31,34). The molecule has 0 aliphatic heterocycles. The highest BCUT2D eigenvalue weighted by Crippen LogP contribution is 2.27. The number of aliphatic imine (C=N–C) groups is 1. The van der Waals surface area contributed by atoms with Crippen molar-refractivity contribution in [2.75, 3.05) is 13.2 Å². The third-order valence-corrected chi connectivity index (χ3v) is 6.55. The van der Waals surface area contributed by atoms with Gasteiger partial charge in [0.2, 0.25) is 5.95 Å². The number of nitrogens with one attached hydrogen (secondary N) is 1. The summed E-state index contributed by atoms with van der Waals surface area (Å²) in [7, 11) is 0. The molecule has 12 heteroatoms. The van der Waals surface area contributed by atoms with Crippen LogP contribution < -0.4 is 11.1 Å². The summed E-state index contributed by atoms with van der Waals surface area (Å²) in [5.74, 6) is -1.07.